The first-order valence-corrected chi connectivity index (χ1v) is 9.11. The second kappa shape index (κ2) is 9.04. The normalized spacial score (nSPS) is 21.2. The van der Waals surface area contributed by atoms with E-state index in [-0.39, 0.29) is 29.6 Å². The summed E-state index contributed by atoms with van der Waals surface area (Å²) in [5.41, 5.74) is 5.84. The summed E-state index contributed by atoms with van der Waals surface area (Å²) >= 11 is 0. The average Bonchev–Trinajstić information content (AvgIpc) is 2.53. The highest BCUT2D eigenvalue weighted by atomic mass is 35.5. The van der Waals surface area contributed by atoms with Crippen molar-refractivity contribution in [3.63, 3.8) is 0 Å². The highest BCUT2D eigenvalue weighted by Gasteiger charge is 2.33. The fourth-order valence-corrected chi connectivity index (χ4v) is 3.51. The summed E-state index contributed by atoms with van der Waals surface area (Å²) in [6.07, 6.45) is 6.94. The van der Waals surface area contributed by atoms with E-state index >= 15 is 0 Å². The van der Waals surface area contributed by atoms with Gasteiger partial charge < -0.3 is 15.5 Å². The maximum absolute atomic E-state index is 12.4. The summed E-state index contributed by atoms with van der Waals surface area (Å²) in [5.74, 6) is 0.853. The van der Waals surface area contributed by atoms with Crippen molar-refractivity contribution in [2.24, 2.45) is 17.1 Å². The summed E-state index contributed by atoms with van der Waals surface area (Å²) < 4.78 is 0. The molecule has 6 heteroatoms. The Morgan fingerprint density at radius 3 is 2.00 bits per heavy atom. The summed E-state index contributed by atoms with van der Waals surface area (Å²) in [4.78, 5) is 28.6. The first-order valence-electron chi connectivity index (χ1n) is 9.11. The van der Waals surface area contributed by atoms with Gasteiger partial charge in [-0.3, -0.25) is 9.59 Å². The first kappa shape index (κ1) is 21.2. The number of carbonyl (C=O) groups is 2. The number of hydrogen-bond donors (Lipinski definition) is 1. The first-order chi connectivity index (χ1) is 10.8. The minimum atomic E-state index is -0.480. The molecule has 1 aliphatic heterocycles. The molecule has 0 aromatic rings. The number of nitrogens with zero attached hydrogens (tertiary/aromatic N) is 2. The van der Waals surface area contributed by atoms with Crippen LogP contribution in [0, 0.1) is 11.3 Å². The number of piperazine rings is 1. The molecule has 2 fully saturated rings. The second-order valence-corrected chi connectivity index (χ2v) is 8.26. The predicted molar refractivity (Wildman–Crippen MR) is 99.0 cm³/mol. The molecule has 5 nitrogen and oxygen atoms in total. The molecule has 140 valence electrons. The molecule has 1 saturated carbocycles. The lowest BCUT2D eigenvalue weighted by atomic mass is 9.86. The Morgan fingerprint density at radius 2 is 1.50 bits per heavy atom. The molecule has 0 unspecified atom stereocenters. The maximum atomic E-state index is 12.4. The minimum Gasteiger partial charge on any atom is -0.339 e. The van der Waals surface area contributed by atoms with E-state index in [1.807, 2.05) is 30.6 Å². The summed E-state index contributed by atoms with van der Waals surface area (Å²) in [6, 6.07) is -0.480. The minimum absolute atomic E-state index is 0. The van der Waals surface area contributed by atoms with Gasteiger partial charge in [0.25, 0.3) is 0 Å². The van der Waals surface area contributed by atoms with Crippen LogP contribution < -0.4 is 5.73 Å². The Bertz CT molecular complexity index is 422. The standard InChI is InChI=1S/C18H33N3O2.ClH/c1-18(2,3)16(19)17(23)21-11-9-20(10-12-21)15(22)13-14-7-5-4-6-8-14;/h14,16H,4-13,19H2,1-3H3;1H/t16-;/m1./s1. The number of halogens is 1. The topological polar surface area (TPSA) is 66.6 Å². The van der Waals surface area contributed by atoms with Crippen LogP contribution in [0.15, 0.2) is 0 Å². The number of rotatable bonds is 3. The SMILES string of the molecule is CC(C)(C)[C@H](N)C(=O)N1CCN(C(=O)CC2CCCCC2)CC1.Cl. The van der Waals surface area contributed by atoms with E-state index in [0.29, 0.717) is 38.5 Å². The van der Waals surface area contributed by atoms with Crippen LogP contribution in [0.4, 0.5) is 0 Å². The van der Waals surface area contributed by atoms with Crippen molar-refractivity contribution in [2.45, 2.75) is 65.3 Å². The molecule has 0 aromatic heterocycles. The number of nitrogens with two attached hydrogens (primary N) is 1. The van der Waals surface area contributed by atoms with Crippen molar-refractivity contribution in [1.29, 1.82) is 0 Å². The highest BCUT2D eigenvalue weighted by Crippen LogP contribution is 2.27. The average molecular weight is 360 g/mol. The van der Waals surface area contributed by atoms with Gasteiger partial charge in [-0.1, -0.05) is 40.0 Å². The molecule has 0 aromatic carbocycles. The van der Waals surface area contributed by atoms with Gasteiger partial charge in [-0.05, 0) is 24.2 Å². The van der Waals surface area contributed by atoms with Gasteiger partial charge in [0.1, 0.15) is 0 Å². The maximum Gasteiger partial charge on any atom is 0.240 e. The van der Waals surface area contributed by atoms with Crippen molar-refractivity contribution in [1.82, 2.24) is 9.80 Å². The Kier molecular flexibility index (Phi) is 8.00. The predicted octanol–water partition coefficient (Wildman–Crippen LogP) is 2.42. The van der Waals surface area contributed by atoms with E-state index in [1.54, 1.807) is 0 Å². The van der Waals surface area contributed by atoms with Crippen molar-refractivity contribution in [2.75, 3.05) is 26.2 Å². The molecule has 0 spiro atoms. The van der Waals surface area contributed by atoms with Gasteiger partial charge in [-0.25, -0.2) is 0 Å². The molecule has 1 heterocycles. The Morgan fingerprint density at radius 1 is 1.00 bits per heavy atom. The Labute approximate surface area is 152 Å². The van der Waals surface area contributed by atoms with Gasteiger partial charge in [-0.15, -0.1) is 12.4 Å². The van der Waals surface area contributed by atoms with Crippen LogP contribution in [0.5, 0.6) is 0 Å². The van der Waals surface area contributed by atoms with E-state index in [9.17, 15) is 9.59 Å². The molecule has 1 saturated heterocycles. The number of carbonyl (C=O) groups excluding carboxylic acids is 2. The zero-order valence-corrected chi connectivity index (χ0v) is 16.2. The van der Waals surface area contributed by atoms with Crippen LogP contribution in [0.1, 0.15) is 59.3 Å². The smallest absolute Gasteiger partial charge is 0.240 e. The monoisotopic (exact) mass is 359 g/mol. The lowest BCUT2D eigenvalue weighted by Crippen LogP contribution is -2.57. The third-order valence-electron chi connectivity index (χ3n) is 5.33. The molecular formula is C18H34ClN3O2. The quantitative estimate of drug-likeness (QED) is 0.841. The zero-order valence-electron chi connectivity index (χ0n) is 15.4. The fraction of sp³-hybridized carbons (Fsp3) is 0.889. The van der Waals surface area contributed by atoms with E-state index in [0.717, 1.165) is 0 Å². The van der Waals surface area contributed by atoms with E-state index in [1.165, 1.54) is 32.1 Å². The number of hydrogen-bond acceptors (Lipinski definition) is 3. The molecular weight excluding hydrogens is 326 g/mol. The van der Waals surface area contributed by atoms with Gasteiger partial charge in [0.2, 0.25) is 11.8 Å². The molecule has 1 aliphatic carbocycles. The molecule has 0 radical (unpaired) electrons. The largest absolute Gasteiger partial charge is 0.339 e. The van der Waals surface area contributed by atoms with Crippen LogP contribution >= 0.6 is 12.4 Å². The van der Waals surface area contributed by atoms with Crippen molar-refractivity contribution in [3.8, 4) is 0 Å². The van der Waals surface area contributed by atoms with Crippen LogP contribution in [-0.2, 0) is 9.59 Å². The second-order valence-electron chi connectivity index (χ2n) is 8.26. The van der Waals surface area contributed by atoms with E-state index < -0.39 is 6.04 Å². The van der Waals surface area contributed by atoms with Crippen molar-refractivity contribution in [3.05, 3.63) is 0 Å². The Balaban J connectivity index is 0.00000288. The van der Waals surface area contributed by atoms with Gasteiger partial charge in [-0.2, -0.15) is 0 Å². The zero-order chi connectivity index (χ0) is 17.0. The molecule has 0 bridgehead atoms. The molecule has 1 atom stereocenters. The lowest BCUT2D eigenvalue weighted by Gasteiger charge is -2.38. The number of amides is 2. The fourth-order valence-electron chi connectivity index (χ4n) is 3.51. The molecule has 2 aliphatic rings. The third kappa shape index (κ3) is 5.62. The summed E-state index contributed by atoms with van der Waals surface area (Å²) in [5, 5.41) is 0. The van der Waals surface area contributed by atoms with Crippen LogP contribution in [-0.4, -0.2) is 53.8 Å². The van der Waals surface area contributed by atoms with Crippen LogP contribution in [0.3, 0.4) is 0 Å². The van der Waals surface area contributed by atoms with Crippen LogP contribution in [0.2, 0.25) is 0 Å². The van der Waals surface area contributed by atoms with E-state index in [2.05, 4.69) is 0 Å². The molecule has 24 heavy (non-hydrogen) atoms. The molecule has 2 amide bonds. The highest BCUT2D eigenvalue weighted by molar-refractivity contribution is 5.85. The summed E-state index contributed by atoms with van der Waals surface area (Å²) in [6.45, 7) is 8.47. The molecule has 2 rings (SSSR count). The summed E-state index contributed by atoms with van der Waals surface area (Å²) in [7, 11) is 0. The van der Waals surface area contributed by atoms with Gasteiger partial charge in [0, 0.05) is 32.6 Å². The van der Waals surface area contributed by atoms with Gasteiger partial charge in [0.05, 0.1) is 6.04 Å². The van der Waals surface area contributed by atoms with Gasteiger partial charge in [0.15, 0.2) is 0 Å². The third-order valence-corrected chi connectivity index (χ3v) is 5.33. The lowest BCUT2D eigenvalue weighted by molar-refractivity contribution is -0.142. The van der Waals surface area contributed by atoms with Crippen LogP contribution in [0.25, 0.3) is 0 Å². The van der Waals surface area contributed by atoms with Crippen molar-refractivity contribution < 1.29 is 9.59 Å². The molecule has 2 N–H and O–H groups in total. The van der Waals surface area contributed by atoms with E-state index in [4.69, 9.17) is 5.73 Å². The Hall–Kier alpha value is -0.810. The van der Waals surface area contributed by atoms with Crippen molar-refractivity contribution >= 4 is 24.2 Å². The van der Waals surface area contributed by atoms with Gasteiger partial charge >= 0.3 is 0 Å².